The summed E-state index contributed by atoms with van der Waals surface area (Å²) in [5.41, 5.74) is 0. The fourth-order valence-corrected chi connectivity index (χ4v) is 5.00. The monoisotopic (exact) mass is 335 g/mol. The van der Waals surface area contributed by atoms with Crippen LogP contribution in [0.2, 0.25) is 0 Å². The van der Waals surface area contributed by atoms with E-state index in [2.05, 4.69) is 39.5 Å². The standard InChI is InChI=1S/C19H37N5/c1-20-19(21-11-12-23(2)16-7-4-5-8-16)22-15-13-17-9-6-10-18(14-15)24(17)3/h15-18H,4-14H2,1-3H3,(H2,20,21,22). The van der Waals surface area contributed by atoms with Gasteiger partial charge in [0, 0.05) is 44.3 Å². The zero-order valence-electron chi connectivity index (χ0n) is 15.9. The lowest BCUT2D eigenvalue weighted by Gasteiger charge is -2.47. The molecule has 0 spiro atoms. The first kappa shape index (κ1) is 18.0. The van der Waals surface area contributed by atoms with Gasteiger partial charge in [-0.1, -0.05) is 19.3 Å². The van der Waals surface area contributed by atoms with Crippen LogP contribution in [0, 0.1) is 0 Å². The van der Waals surface area contributed by atoms with E-state index in [1.165, 1.54) is 57.8 Å². The summed E-state index contributed by atoms with van der Waals surface area (Å²) in [4.78, 5) is 9.59. The summed E-state index contributed by atoms with van der Waals surface area (Å²) < 4.78 is 0. The number of piperidine rings is 2. The fourth-order valence-electron chi connectivity index (χ4n) is 5.00. The van der Waals surface area contributed by atoms with Gasteiger partial charge in [0.15, 0.2) is 5.96 Å². The molecule has 24 heavy (non-hydrogen) atoms. The van der Waals surface area contributed by atoms with E-state index in [0.717, 1.165) is 37.2 Å². The van der Waals surface area contributed by atoms with Crippen LogP contribution in [-0.4, -0.2) is 74.2 Å². The van der Waals surface area contributed by atoms with Crippen LogP contribution in [0.25, 0.3) is 0 Å². The van der Waals surface area contributed by atoms with Crippen LogP contribution in [-0.2, 0) is 0 Å². The van der Waals surface area contributed by atoms with Gasteiger partial charge in [0.05, 0.1) is 0 Å². The minimum Gasteiger partial charge on any atom is -0.355 e. The summed E-state index contributed by atoms with van der Waals surface area (Å²) in [6, 6.07) is 2.91. The second-order valence-corrected chi connectivity index (χ2v) is 8.13. The van der Waals surface area contributed by atoms with E-state index in [-0.39, 0.29) is 0 Å². The van der Waals surface area contributed by atoms with Crippen LogP contribution < -0.4 is 10.6 Å². The Hall–Kier alpha value is -0.810. The second kappa shape index (κ2) is 8.52. The van der Waals surface area contributed by atoms with Gasteiger partial charge in [-0.15, -0.1) is 0 Å². The van der Waals surface area contributed by atoms with Crippen molar-refractivity contribution in [1.82, 2.24) is 20.4 Å². The molecule has 5 nitrogen and oxygen atoms in total. The van der Waals surface area contributed by atoms with Crippen LogP contribution in [0.1, 0.15) is 57.8 Å². The molecule has 2 aliphatic heterocycles. The highest BCUT2D eigenvalue weighted by atomic mass is 15.2. The predicted octanol–water partition coefficient (Wildman–Crippen LogP) is 2.04. The molecular formula is C19H37N5. The molecule has 3 rings (SSSR count). The molecular weight excluding hydrogens is 298 g/mol. The average molecular weight is 336 g/mol. The second-order valence-electron chi connectivity index (χ2n) is 8.13. The summed E-state index contributed by atoms with van der Waals surface area (Å²) in [5, 5.41) is 7.22. The Morgan fingerprint density at radius 1 is 1.08 bits per heavy atom. The molecule has 0 aromatic carbocycles. The number of guanidine groups is 1. The molecule has 0 radical (unpaired) electrons. The van der Waals surface area contributed by atoms with Crippen molar-refractivity contribution in [1.29, 1.82) is 0 Å². The van der Waals surface area contributed by atoms with E-state index in [9.17, 15) is 0 Å². The topological polar surface area (TPSA) is 42.9 Å². The van der Waals surface area contributed by atoms with E-state index < -0.39 is 0 Å². The number of fused-ring (bicyclic) bond motifs is 2. The van der Waals surface area contributed by atoms with Crippen molar-refractivity contribution in [2.45, 2.75) is 82.0 Å². The molecule has 3 fully saturated rings. The molecule has 2 bridgehead atoms. The molecule has 2 unspecified atom stereocenters. The highest BCUT2D eigenvalue weighted by Crippen LogP contribution is 2.32. The SMILES string of the molecule is CN=C(NCCN(C)C1CCCC1)NC1CC2CCCC(C1)N2C. The number of rotatable bonds is 5. The summed E-state index contributed by atoms with van der Waals surface area (Å²) in [7, 11) is 6.48. The third kappa shape index (κ3) is 4.42. The van der Waals surface area contributed by atoms with Crippen LogP contribution in [0.15, 0.2) is 4.99 Å². The predicted molar refractivity (Wildman–Crippen MR) is 102 cm³/mol. The largest absolute Gasteiger partial charge is 0.355 e. The van der Waals surface area contributed by atoms with Gasteiger partial charge in [0.1, 0.15) is 0 Å². The van der Waals surface area contributed by atoms with E-state index in [0.29, 0.717) is 6.04 Å². The minimum absolute atomic E-state index is 0.579. The molecule has 2 atom stereocenters. The quantitative estimate of drug-likeness (QED) is 0.596. The lowest BCUT2D eigenvalue weighted by atomic mass is 9.82. The van der Waals surface area contributed by atoms with Crippen molar-refractivity contribution < 1.29 is 0 Å². The number of hydrogen-bond acceptors (Lipinski definition) is 3. The first-order valence-corrected chi connectivity index (χ1v) is 10.1. The molecule has 1 aliphatic carbocycles. The molecule has 0 aromatic heterocycles. The van der Waals surface area contributed by atoms with Gasteiger partial charge in [-0.3, -0.25) is 4.99 Å². The molecule has 5 heteroatoms. The maximum Gasteiger partial charge on any atom is 0.191 e. The third-order valence-electron chi connectivity index (χ3n) is 6.61. The average Bonchev–Trinajstić information content (AvgIpc) is 3.09. The van der Waals surface area contributed by atoms with Crippen molar-refractivity contribution >= 4 is 5.96 Å². The molecule has 0 amide bonds. The maximum absolute atomic E-state index is 4.45. The maximum atomic E-state index is 4.45. The van der Waals surface area contributed by atoms with Crippen molar-refractivity contribution in [2.24, 2.45) is 4.99 Å². The summed E-state index contributed by atoms with van der Waals surface area (Å²) in [6.45, 7) is 2.08. The smallest absolute Gasteiger partial charge is 0.191 e. The highest BCUT2D eigenvalue weighted by molar-refractivity contribution is 5.79. The summed E-state index contributed by atoms with van der Waals surface area (Å²) in [6.07, 6.45) is 12.2. The van der Waals surface area contributed by atoms with Crippen molar-refractivity contribution in [3.8, 4) is 0 Å². The molecule has 2 saturated heterocycles. The van der Waals surface area contributed by atoms with Gasteiger partial charge < -0.3 is 20.4 Å². The van der Waals surface area contributed by atoms with Crippen molar-refractivity contribution in [2.75, 3.05) is 34.2 Å². The van der Waals surface area contributed by atoms with Gasteiger partial charge in [-0.05, 0) is 52.6 Å². The van der Waals surface area contributed by atoms with Gasteiger partial charge in [-0.2, -0.15) is 0 Å². The number of hydrogen-bond donors (Lipinski definition) is 2. The summed E-state index contributed by atoms with van der Waals surface area (Å²) >= 11 is 0. The number of likely N-dealkylation sites (N-methyl/N-ethyl adjacent to an activating group) is 1. The molecule has 2 heterocycles. The van der Waals surface area contributed by atoms with Gasteiger partial charge in [0.25, 0.3) is 0 Å². The van der Waals surface area contributed by atoms with E-state index in [1.807, 2.05) is 7.05 Å². The Bertz CT molecular complexity index is 404. The first-order chi connectivity index (χ1) is 11.7. The normalized spacial score (nSPS) is 32.3. The van der Waals surface area contributed by atoms with E-state index in [4.69, 9.17) is 0 Å². The lowest BCUT2D eigenvalue weighted by Crippen LogP contribution is -2.57. The zero-order chi connectivity index (χ0) is 16.9. The van der Waals surface area contributed by atoms with Crippen LogP contribution in [0.5, 0.6) is 0 Å². The lowest BCUT2D eigenvalue weighted by molar-refractivity contribution is 0.0526. The number of aliphatic imine (C=N–C) groups is 1. The molecule has 0 aromatic rings. The van der Waals surface area contributed by atoms with E-state index >= 15 is 0 Å². The highest BCUT2D eigenvalue weighted by Gasteiger charge is 2.36. The van der Waals surface area contributed by atoms with Gasteiger partial charge >= 0.3 is 0 Å². The first-order valence-electron chi connectivity index (χ1n) is 10.1. The number of nitrogens with one attached hydrogen (secondary N) is 2. The fraction of sp³-hybridized carbons (Fsp3) is 0.947. The summed E-state index contributed by atoms with van der Waals surface area (Å²) in [5.74, 6) is 0.988. The van der Waals surface area contributed by atoms with Gasteiger partial charge in [0.2, 0.25) is 0 Å². The Labute approximate surface area is 148 Å². The van der Waals surface area contributed by atoms with Crippen molar-refractivity contribution in [3.63, 3.8) is 0 Å². The third-order valence-corrected chi connectivity index (χ3v) is 6.61. The van der Waals surface area contributed by atoms with Crippen LogP contribution >= 0.6 is 0 Å². The Kier molecular flexibility index (Phi) is 6.39. The minimum atomic E-state index is 0.579. The Morgan fingerprint density at radius 2 is 1.75 bits per heavy atom. The number of nitrogens with zero attached hydrogens (tertiary/aromatic N) is 3. The van der Waals surface area contributed by atoms with Crippen LogP contribution in [0.3, 0.4) is 0 Å². The Morgan fingerprint density at radius 3 is 2.38 bits per heavy atom. The van der Waals surface area contributed by atoms with Crippen molar-refractivity contribution in [3.05, 3.63) is 0 Å². The zero-order valence-corrected chi connectivity index (χ0v) is 15.9. The van der Waals surface area contributed by atoms with Crippen LogP contribution in [0.4, 0.5) is 0 Å². The van der Waals surface area contributed by atoms with E-state index in [1.54, 1.807) is 0 Å². The molecule has 3 aliphatic rings. The molecule has 2 N–H and O–H groups in total. The van der Waals surface area contributed by atoms with Gasteiger partial charge in [-0.25, -0.2) is 0 Å². The molecule has 1 saturated carbocycles. The Balaban J connectivity index is 1.40. The molecule has 138 valence electrons.